The Bertz CT molecular complexity index is 1290. The first-order valence-corrected chi connectivity index (χ1v) is 11.0. The highest BCUT2D eigenvalue weighted by Crippen LogP contribution is 2.44. The van der Waals surface area contributed by atoms with Crippen molar-refractivity contribution in [2.45, 2.75) is 24.8 Å². The number of amides is 1. The normalized spacial score (nSPS) is 17.5. The fraction of sp³-hybridized carbons (Fsp3) is 0.231. The molecule has 1 aliphatic carbocycles. The minimum atomic E-state index is -0.332. The van der Waals surface area contributed by atoms with E-state index in [1.54, 1.807) is 11.0 Å². The van der Waals surface area contributed by atoms with Gasteiger partial charge in [0.15, 0.2) is 0 Å². The number of nitrogens with zero attached hydrogens (tertiary/aromatic N) is 2. The Balaban J connectivity index is 1.22. The van der Waals surface area contributed by atoms with E-state index < -0.39 is 0 Å². The number of benzene rings is 3. The quantitative estimate of drug-likeness (QED) is 0.450. The van der Waals surface area contributed by atoms with Crippen molar-refractivity contribution in [2.24, 2.45) is 0 Å². The van der Waals surface area contributed by atoms with Crippen LogP contribution in [0.1, 0.15) is 41.8 Å². The third kappa shape index (κ3) is 3.06. The van der Waals surface area contributed by atoms with Crippen LogP contribution in [0.15, 0.2) is 66.7 Å². The first-order valence-electron chi connectivity index (χ1n) is 11.0. The molecule has 6 heteroatoms. The van der Waals surface area contributed by atoms with E-state index in [0.29, 0.717) is 30.0 Å². The lowest BCUT2D eigenvalue weighted by Crippen LogP contribution is -2.32. The molecule has 1 N–H and O–H groups in total. The number of halogens is 1. The molecular weight excluding hydrogens is 405 g/mol. The van der Waals surface area contributed by atoms with Crippen LogP contribution in [0.5, 0.6) is 0 Å². The van der Waals surface area contributed by atoms with Crippen LogP contribution in [0.3, 0.4) is 0 Å². The monoisotopic (exact) mass is 427 g/mol. The second-order valence-electron chi connectivity index (χ2n) is 8.44. The molecule has 5 nitrogen and oxygen atoms in total. The Morgan fingerprint density at radius 3 is 2.53 bits per heavy atom. The number of carbonyl (C=O) groups is 1. The number of rotatable bonds is 3. The number of fused-ring (bicyclic) bond motifs is 4. The summed E-state index contributed by atoms with van der Waals surface area (Å²) in [7, 11) is 0. The second kappa shape index (κ2) is 7.48. The molecule has 0 saturated carbocycles. The second-order valence-corrected chi connectivity index (χ2v) is 8.44. The third-order valence-electron chi connectivity index (χ3n) is 6.60. The van der Waals surface area contributed by atoms with Crippen LogP contribution in [0.2, 0.25) is 0 Å². The van der Waals surface area contributed by atoms with E-state index in [2.05, 4.69) is 34.2 Å². The number of likely N-dealkylation sites (tertiary alicyclic amines) is 1. The molecule has 6 rings (SSSR count). The van der Waals surface area contributed by atoms with Crippen LogP contribution in [0, 0.1) is 5.82 Å². The van der Waals surface area contributed by atoms with Gasteiger partial charge in [0.1, 0.15) is 18.2 Å². The predicted molar refractivity (Wildman–Crippen MR) is 120 cm³/mol. The zero-order valence-corrected chi connectivity index (χ0v) is 17.4. The molecule has 160 valence electrons. The largest absolute Gasteiger partial charge is 0.448 e. The summed E-state index contributed by atoms with van der Waals surface area (Å²) in [5.41, 5.74) is 6.13. The molecule has 1 unspecified atom stereocenters. The van der Waals surface area contributed by atoms with Gasteiger partial charge in [0.25, 0.3) is 0 Å². The Labute approximate surface area is 184 Å². The Kier molecular flexibility index (Phi) is 4.45. The summed E-state index contributed by atoms with van der Waals surface area (Å²) in [6, 6.07) is 20.9. The number of aromatic amines is 1. The molecule has 2 aliphatic rings. The number of hydrogen-bond donors (Lipinski definition) is 1. The van der Waals surface area contributed by atoms with Crippen molar-refractivity contribution in [3.05, 3.63) is 89.5 Å². The summed E-state index contributed by atoms with van der Waals surface area (Å²) in [6.45, 7) is 0.911. The fourth-order valence-corrected chi connectivity index (χ4v) is 5.11. The van der Waals surface area contributed by atoms with E-state index in [0.717, 1.165) is 12.8 Å². The molecule has 32 heavy (non-hydrogen) atoms. The van der Waals surface area contributed by atoms with Crippen LogP contribution >= 0.6 is 0 Å². The van der Waals surface area contributed by atoms with Crippen LogP contribution in [0.25, 0.3) is 22.2 Å². The van der Waals surface area contributed by atoms with Crippen molar-refractivity contribution < 1.29 is 13.9 Å². The van der Waals surface area contributed by atoms with Gasteiger partial charge in [0.2, 0.25) is 0 Å². The van der Waals surface area contributed by atoms with Crippen LogP contribution in [0.4, 0.5) is 9.18 Å². The SMILES string of the molecule is O=C(OCC1c2ccccc2-c2ccccc21)N1CCCC1c1nc2ccc(F)cc2[nH]1. The van der Waals surface area contributed by atoms with Gasteiger partial charge in [-0.3, -0.25) is 4.90 Å². The zero-order chi connectivity index (χ0) is 21.7. The molecule has 1 aromatic heterocycles. The van der Waals surface area contributed by atoms with Crippen LogP contribution in [-0.2, 0) is 4.74 Å². The highest BCUT2D eigenvalue weighted by molar-refractivity contribution is 5.79. The van der Waals surface area contributed by atoms with E-state index in [1.165, 1.54) is 34.4 Å². The number of hydrogen-bond acceptors (Lipinski definition) is 3. The fourth-order valence-electron chi connectivity index (χ4n) is 5.11. The third-order valence-corrected chi connectivity index (χ3v) is 6.60. The average Bonchev–Trinajstić information content (AvgIpc) is 3.53. The minimum absolute atomic E-state index is 0.0292. The van der Waals surface area contributed by atoms with Gasteiger partial charge in [-0.2, -0.15) is 0 Å². The van der Waals surface area contributed by atoms with Crippen molar-refractivity contribution in [1.82, 2.24) is 14.9 Å². The summed E-state index contributed by atoms with van der Waals surface area (Å²) in [6.07, 6.45) is 1.34. The Hall–Kier alpha value is -3.67. The van der Waals surface area contributed by atoms with Gasteiger partial charge in [-0.15, -0.1) is 0 Å². The Morgan fingerprint density at radius 2 is 1.78 bits per heavy atom. The van der Waals surface area contributed by atoms with Crippen molar-refractivity contribution in [1.29, 1.82) is 0 Å². The zero-order valence-electron chi connectivity index (χ0n) is 17.4. The van der Waals surface area contributed by atoms with Gasteiger partial charge in [-0.05, 0) is 53.3 Å². The molecule has 1 amide bonds. The molecule has 2 heterocycles. The van der Waals surface area contributed by atoms with Crippen LogP contribution < -0.4 is 0 Å². The van der Waals surface area contributed by atoms with Crippen molar-refractivity contribution in [3.63, 3.8) is 0 Å². The molecule has 3 aromatic carbocycles. The summed E-state index contributed by atoms with van der Waals surface area (Å²) in [5.74, 6) is 0.394. The molecule has 1 fully saturated rings. The molecule has 0 bridgehead atoms. The smallest absolute Gasteiger partial charge is 0.410 e. The van der Waals surface area contributed by atoms with Gasteiger partial charge in [-0.25, -0.2) is 14.2 Å². The first-order chi connectivity index (χ1) is 15.7. The maximum absolute atomic E-state index is 13.6. The highest BCUT2D eigenvalue weighted by atomic mass is 19.1. The molecule has 1 atom stereocenters. The maximum atomic E-state index is 13.6. The number of carbonyl (C=O) groups excluding carboxylic acids is 1. The topological polar surface area (TPSA) is 58.2 Å². The summed E-state index contributed by atoms with van der Waals surface area (Å²) >= 11 is 0. The van der Waals surface area contributed by atoms with Gasteiger partial charge >= 0.3 is 6.09 Å². The first kappa shape index (κ1) is 19.0. The lowest BCUT2D eigenvalue weighted by atomic mass is 9.98. The lowest BCUT2D eigenvalue weighted by Gasteiger charge is -2.24. The van der Waals surface area contributed by atoms with Gasteiger partial charge in [0.05, 0.1) is 17.1 Å². The highest BCUT2D eigenvalue weighted by Gasteiger charge is 2.35. The number of nitrogens with one attached hydrogen (secondary N) is 1. The standard InChI is InChI=1S/C26H22FN3O2/c27-16-11-12-22-23(14-16)29-25(28-22)24-10-5-13-30(24)26(31)32-15-21-19-8-3-1-6-17(19)18-7-2-4-9-20(18)21/h1-4,6-9,11-12,14,21,24H,5,10,13,15H2,(H,28,29). The molecule has 0 spiro atoms. The van der Waals surface area contributed by atoms with Gasteiger partial charge in [0, 0.05) is 12.5 Å². The van der Waals surface area contributed by atoms with E-state index in [9.17, 15) is 9.18 Å². The van der Waals surface area contributed by atoms with Crippen molar-refractivity contribution in [2.75, 3.05) is 13.2 Å². The number of aromatic nitrogens is 2. The summed E-state index contributed by atoms with van der Waals surface area (Å²) in [5, 5.41) is 0. The minimum Gasteiger partial charge on any atom is -0.448 e. The number of ether oxygens (including phenoxy) is 1. The Morgan fingerprint density at radius 1 is 1.06 bits per heavy atom. The van der Waals surface area contributed by atoms with E-state index in [4.69, 9.17) is 4.74 Å². The number of H-pyrrole nitrogens is 1. The van der Waals surface area contributed by atoms with Gasteiger partial charge < -0.3 is 9.72 Å². The molecule has 1 aliphatic heterocycles. The van der Waals surface area contributed by atoms with E-state index in [1.807, 2.05) is 24.3 Å². The predicted octanol–water partition coefficient (Wildman–Crippen LogP) is 5.79. The summed E-state index contributed by atoms with van der Waals surface area (Å²) < 4.78 is 19.4. The summed E-state index contributed by atoms with van der Waals surface area (Å²) in [4.78, 5) is 22.6. The lowest BCUT2D eigenvalue weighted by molar-refractivity contribution is 0.0945. The molecular formula is C26H22FN3O2. The van der Waals surface area contributed by atoms with E-state index in [-0.39, 0.29) is 23.9 Å². The maximum Gasteiger partial charge on any atom is 0.410 e. The number of imidazole rings is 1. The van der Waals surface area contributed by atoms with Gasteiger partial charge in [-0.1, -0.05) is 48.5 Å². The van der Waals surface area contributed by atoms with Crippen molar-refractivity contribution in [3.8, 4) is 11.1 Å². The molecule has 0 radical (unpaired) electrons. The average molecular weight is 427 g/mol. The van der Waals surface area contributed by atoms with E-state index >= 15 is 0 Å². The van der Waals surface area contributed by atoms with Crippen molar-refractivity contribution >= 4 is 17.1 Å². The molecule has 1 saturated heterocycles. The molecule has 4 aromatic rings. The van der Waals surface area contributed by atoms with Crippen LogP contribution in [-0.4, -0.2) is 34.1 Å².